The fraction of sp³-hybridized carbons (Fsp3) is 0.450. The van der Waals surface area contributed by atoms with E-state index >= 15 is 0 Å². The van der Waals surface area contributed by atoms with Gasteiger partial charge >= 0.3 is 5.69 Å². The van der Waals surface area contributed by atoms with Crippen LogP contribution >= 0.6 is 0 Å². The van der Waals surface area contributed by atoms with Crippen molar-refractivity contribution in [2.75, 3.05) is 6.54 Å². The first-order valence-corrected chi connectivity index (χ1v) is 9.19. The van der Waals surface area contributed by atoms with Gasteiger partial charge in [-0.1, -0.05) is 51.3 Å². The van der Waals surface area contributed by atoms with Crippen molar-refractivity contribution in [1.29, 1.82) is 0 Å². The van der Waals surface area contributed by atoms with Gasteiger partial charge in [0.15, 0.2) is 0 Å². The van der Waals surface area contributed by atoms with Crippen molar-refractivity contribution in [3.05, 3.63) is 56.2 Å². The molecular weight excluding hydrogens is 330 g/mol. The molecule has 6 heteroatoms. The van der Waals surface area contributed by atoms with E-state index in [-0.39, 0.29) is 11.4 Å². The number of para-hydroxylation sites is 1. The first-order chi connectivity index (χ1) is 12.5. The number of aromatic hydroxyl groups is 1. The Bertz CT molecular complexity index is 894. The molecule has 1 heterocycles. The molecular formula is C20H27N3O3. The molecule has 0 aliphatic rings. The van der Waals surface area contributed by atoms with E-state index in [9.17, 15) is 14.7 Å². The minimum atomic E-state index is -0.663. The Kier molecular flexibility index (Phi) is 6.95. The summed E-state index contributed by atoms with van der Waals surface area (Å²) in [7, 11) is 0. The summed E-state index contributed by atoms with van der Waals surface area (Å²) in [5.41, 5.74) is 0.673. The van der Waals surface area contributed by atoms with Gasteiger partial charge in [0.25, 0.3) is 5.56 Å². The SMILES string of the molecule is CCCCCCN=C(CC)c1c(O)n(-c2ccccc2C)c(=O)[nH]c1=O. The average Bonchev–Trinajstić information content (AvgIpc) is 2.61. The van der Waals surface area contributed by atoms with Crippen LogP contribution in [-0.4, -0.2) is 26.9 Å². The summed E-state index contributed by atoms with van der Waals surface area (Å²) in [6.07, 6.45) is 4.82. The summed E-state index contributed by atoms with van der Waals surface area (Å²) in [4.78, 5) is 31.5. The number of aliphatic imine (C=N–C) groups is 1. The molecule has 26 heavy (non-hydrogen) atoms. The van der Waals surface area contributed by atoms with Crippen molar-refractivity contribution < 1.29 is 5.11 Å². The largest absolute Gasteiger partial charge is 0.493 e. The van der Waals surface area contributed by atoms with Crippen LogP contribution in [0.4, 0.5) is 0 Å². The molecule has 0 amide bonds. The Morgan fingerprint density at radius 2 is 1.88 bits per heavy atom. The monoisotopic (exact) mass is 357 g/mol. The molecule has 0 saturated carbocycles. The van der Waals surface area contributed by atoms with Crippen LogP contribution in [0.1, 0.15) is 57.1 Å². The second-order valence-corrected chi connectivity index (χ2v) is 6.32. The fourth-order valence-electron chi connectivity index (χ4n) is 2.94. The number of benzene rings is 1. The molecule has 0 aliphatic heterocycles. The van der Waals surface area contributed by atoms with Gasteiger partial charge in [-0.3, -0.25) is 14.8 Å². The zero-order chi connectivity index (χ0) is 19.1. The molecule has 2 aromatic rings. The van der Waals surface area contributed by atoms with Gasteiger partial charge in [-0.2, -0.15) is 0 Å². The maximum Gasteiger partial charge on any atom is 0.335 e. The molecule has 2 N–H and O–H groups in total. The van der Waals surface area contributed by atoms with Crippen LogP contribution in [0.2, 0.25) is 0 Å². The highest BCUT2D eigenvalue weighted by atomic mass is 16.3. The standard InChI is InChI=1S/C20H27N3O3/c1-4-6-7-10-13-21-15(5-2)17-18(24)22-20(26)23(19(17)25)16-12-9-8-11-14(16)3/h8-9,11-12,25H,4-7,10,13H2,1-3H3,(H,22,24,26). The maximum absolute atomic E-state index is 12.4. The lowest BCUT2D eigenvalue weighted by Crippen LogP contribution is -2.33. The van der Waals surface area contributed by atoms with Crippen LogP contribution < -0.4 is 11.2 Å². The summed E-state index contributed by atoms with van der Waals surface area (Å²) in [5, 5.41) is 10.7. The lowest BCUT2D eigenvalue weighted by molar-refractivity contribution is 0.429. The molecule has 2 rings (SSSR count). The second kappa shape index (κ2) is 9.17. The normalized spacial score (nSPS) is 11.7. The van der Waals surface area contributed by atoms with Crippen molar-refractivity contribution in [2.24, 2.45) is 4.99 Å². The number of H-pyrrole nitrogens is 1. The second-order valence-electron chi connectivity index (χ2n) is 6.32. The summed E-state index contributed by atoms with van der Waals surface area (Å²) in [6, 6.07) is 7.20. The maximum atomic E-state index is 12.4. The third-order valence-electron chi connectivity index (χ3n) is 4.38. The third-order valence-corrected chi connectivity index (χ3v) is 4.38. The van der Waals surface area contributed by atoms with E-state index in [4.69, 9.17) is 0 Å². The number of rotatable bonds is 8. The number of aryl methyl sites for hydroxylation is 1. The highest BCUT2D eigenvalue weighted by Gasteiger charge is 2.19. The summed E-state index contributed by atoms with van der Waals surface area (Å²) in [5.74, 6) is -0.359. The van der Waals surface area contributed by atoms with Crippen LogP contribution in [0.3, 0.4) is 0 Å². The van der Waals surface area contributed by atoms with Crippen LogP contribution in [0.15, 0.2) is 38.8 Å². The van der Waals surface area contributed by atoms with Crippen LogP contribution in [0.25, 0.3) is 5.69 Å². The molecule has 0 spiro atoms. The number of unbranched alkanes of at least 4 members (excludes halogenated alkanes) is 3. The predicted octanol–water partition coefficient (Wildman–Crippen LogP) is 3.32. The molecule has 0 fully saturated rings. The van der Waals surface area contributed by atoms with Gasteiger partial charge in [0.1, 0.15) is 5.56 Å². The predicted molar refractivity (Wildman–Crippen MR) is 105 cm³/mol. The minimum Gasteiger partial charge on any atom is -0.493 e. The summed E-state index contributed by atoms with van der Waals surface area (Å²) >= 11 is 0. The topological polar surface area (TPSA) is 87.4 Å². The Morgan fingerprint density at radius 1 is 1.15 bits per heavy atom. The quantitative estimate of drug-likeness (QED) is 0.561. The molecule has 0 saturated heterocycles. The van der Waals surface area contributed by atoms with Crippen LogP contribution in [-0.2, 0) is 0 Å². The van der Waals surface area contributed by atoms with E-state index in [1.54, 1.807) is 12.1 Å². The van der Waals surface area contributed by atoms with E-state index in [0.717, 1.165) is 35.8 Å². The van der Waals surface area contributed by atoms with Crippen LogP contribution in [0.5, 0.6) is 5.88 Å². The minimum absolute atomic E-state index is 0.0749. The van der Waals surface area contributed by atoms with Crippen molar-refractivity contribution in [3.8, 4) is 11.6 Å². The number of hydrogen-bond acceptors (Lipinski definition) is 4. The highest BCUT2D eigenvalue weighted by Crippen LogP contribution is 2.20. The van der Waals surface area contributed by atoms with Gasteiger partial charge in [0.05, 0.1) is 11.4 Å². The van der Waals surface area contributed by atoms with Crippen molar-refractivity contribution in [1.82, 2.24) is 9.55 Å². The Morgan fingerprint density at radius 3 is 2.54 bits per heavy atom. The zero-order valence-corrected chi connectivity index (χ0v) is 15.7. The fourth-order valence-corrected chi connectivity index (χ4v) is 2.94. The third kappa shape index (κ3) is 4.31. The van der Waals surface area contributed by atoms with Gasteiger partial charge in [-0.05, 0) is 31.4 Å². The van der Waals surface area contributed by atoms with Crippen molar-refractivity contribution in [3.63, 3.8) is 0 Å². The summed E-state index contributed by atoms with van der Waals surface area (Å²) in [6.45, 7) is 6.47. The number of nitrogens with zero attached hydrogens (tertiary/aromatic N) is 2. The number of hydrogen-bond donors (Lipinski definition) is 2. The van der Waals surface area contributed by atoms with Gasteiger partial charge in [-0.25, -0.2) is 9.36 Å². The Balaban J connectivity index is 2.51. The number of nitrogens with one attached hydrogen (secondary N) is 1. The van der Waals surface area contributed by atoms with E-state index in [1.807, 2.05) is 26.0 Å². The molecule has 1 aromatic heterocycles. The van der Waals surface area contributed by atoms with Gasteiger partial charge in [0, 0.05) is 6.54 Å². The van der Waals surface area contributed by atoms with E-state index in [1.165, 1.54) is 0 Å². The van der Waals surface area contributed by atoms with Crippen LogP contribution in [0, 0.1) is 6.92 Å². The first kappa shape index (κ1) is 19.7. The van der Waals surface area contributed by atoms with E-state index < -0.39 is 11.2 Å². The lowest BCUT2D eigenvalue weighted by Gasteiger charge is -2.14. The molecule has 0 bridgehead atoms. The molecule has 1 aromatic carbocycles. The number of aromatic nitrogens is 2. The molecule has 140 valence electrons. The van der Waals surface area contributed by atoms with Gasteiger partial charge in [-0.15, -0.1) is 0 Å². The van der Waals surface area contributed by atoms with Crippen molar-refractivity contribution >= 4 is 5.71 Å². The van der Waals surface area contributed by atoms with Gasteiger partial charge < -0.3 is 5.11 Å². The molecule has 0 aliphatic carbocycles. The summed E-state index contributed by atoms with van der Waals surface area (Å²) < 4.78 is 1.13. The average molecular weight is 357 g/mol. The lowest BCUT2D eigenvalue weighted by atomic mass is 10.1. The molecule has 0 radical (unpaired) electrons. The molecule has 0 atom stereocenters. The number of aromatic amines is 1. The zero-order valence-electron chi connectivity index (χ0n) is 15.7. The van der Waals surface area contributed by atoms with Gasteiger partial charge in [0.2, 0.25) is 5.88 Å². The Labute approximate surface area is 153 Å². The molecule has 6 nitrogen and oxygen atoms in total. The highest BCUT2D eigenvalue weighted by molar-refractivity contribution is 6.02. The first-order valence-electron chi connectivity index (χ1n) is 9.19. The van der Waals surface area contributed by atoms with E-state index in [0.29, 0.717) is 24.4 Å². The smallest absolute Gasteiger partial charge is 0.335 e. The molecule has 0 unspecified atom stereocenters. The Hall–Kier alpha value is -2.63. The van der Waals surface area contributed by atoms with Crippen molar-refractivity contribution in [2.45, 2.75) is 52.9 Å². The van der Waals surface area contributed by atoms with E-state index in [2.05, 4.69) is 16.9 Å².